The van der Waals surface area contributed by atoms with Crippen LogP contribution in [0.3, 0.4) is 0 Å². The van der Waals surface area contributed by atoms with Gasteiger partial charge in [0.05, 0.1) is 24.9 Å². The number of nitriles is 1. The van der Waals surface area contributed by atoms with Gasteiger partial charge in [0.25, 0.3) is 5.56 Å². The highest BCUT2D eigenvalue weighted by molar-refractivity contribution is 5.32. The molecule has 0 unspecified atom stereocenters. The highest BCUT2D eigenvalue weighted by Gasteiger charge is 2.22. The van der Waals surface area contributed by atoms with Crippen LogP contribution < -0.4 is 5.56 Å². The van der Waals surface area contributed by atoms with E-state index in [1.807, 2.05) is 26.0 Å². The average molecular weight is 316 g/mol. The van der Waals surface area contributed by atoms with E-state index < -0.39 is 0 Å². The molecule has 2 N–H and O–H groups in total. The largest absolute Gasteiger partial charge is 0.394 e. The van der Waals surface area contributed by atoms with E-state index in [1.165, 1.54) is 4.68 Å². The van der Waals surface area contributed by atoms with Gasteiger partial charge < -0.3 is 5.11 Å². The Bertz CT molecular complexity index is 703. The smallest absolute Gasteiger partial charge is 0.270 e. The lowest BCUT2D eigenvalue weighted by Crippen LogP contribution is -2.33. The van der Waals surface area contributed by atoms with Gasteiger partial charge in [0, 0.05) is 30.8 Å². The minimum atomic E-state index is -0.0511. The monoisotopic (exact) mass is 316 g/mol. The summed E-state index contributed by atoms with van der Waals surface area (Å²) in [4.78, 5) is 14.4. The first-order valence-corrected chi connectivity index (χ1v) is 8.02. The number of hydrogen-bond donors (Lipinski definition) is 2. The van der Waals surface area contributed by atoms with E-state index in [0.29, 0.717) is 19.5 Å². The number of H-pyrrole nitrogens is 1. The summed E-state index contributed by atoms with van der Waals surface area (Å²) in [5.74, 6) is 0. The summed E-state index contributed by atoms with van der Waals surface area (Å²) in [6.07, 6.45) is 5.43. The number of fused-ring (bicyclic) bond motifs is 1. The molecule has 0 amide bonds. The SMILES string of the molecule is C/C=C(\C=C(\C#N)CC)CN1CCc2c([nH]n(CCO)c2=O)C1. The number of aliphatic hydroxyl groups excluding tert-OH is 1. The number of aromatic nitrogens is 2. The summed E-state index contributed by atoms with van der Waals surface area (Å²) < 4.78 is 1.48. The fourth-order valence-corrected chi connectivity index (χ4v) is 2.84. The summed E-state index contributed by atoms with van der Waals surface area (Å²) in [6, 6.07) is 2.22. The van der Waals surface area contributed by atoms with E-state index in [4.69, 9.17) is 10.4 Å². The van der Waals surface area contributed by atoms with Crippen molar-refractivity contribution in [1.29, 1.82) is 5.26 Å². The van der Waals surface area contributed by atoms with Crippen molar-refractivity contribution in [2.75, 3.05) is 19.7 Å². The summed E-state index contributed by atoms with van der Waals surface area (Å²) >= 11 is 0. The predicted octanol–water partition coefficient (Wildman–Crippen LogP) is 1.33. The maximum absolute atomic E-state index is 12.2. The molecule has 1 aromatic heterocycles. The van der Waals surface area contributed by atoms with Crippen LogP contribution in [-0.4, -0.2) is 39.5 Å². The fraction of sp³-hybridized carbons (Fsp3) is 0.529. The van der Waals surface area contributed by atoms with Gasteiger partial charge in [0.1, 0.15) is 0 Å². The number of aliphatic hydroxyl groups is 1. The summed E-state index contributed by atoms with van der Waals surface area (Å²) in [6.45, 7) is 6.46. The Morgan fingerprint density at radius 2 is 2.30 bits per heavy atom. The van der Waals surface area contributed by atoms with Gasteiger partial charge in [-0.25, -0.2) is 0 Å². The van der Waals surface area contributed by atoms with Crippen molar-refractivity contribution >= 4 is 0 Å². The lowest BCUT2D eigenvalue weighted by Gasteiger charge is -2.26. The highest BCUT2D eigenvalue weighted by atomic mass is 16.3. The number of nitrogens with zero attached hydrogens (tertiary/aromatic N) is 3. The molecule has 0 atom stereocenters. The topological polar surface area (TPSA) is 85.1 Å². The van der Waals surface area contributed by atoms with Gasteiger partial charge in [-0.1, -0.05) is 13.0 Å². The summed E-state index contributed by atoms with van der Waals surface area (Å²) in [5, 5.41) is 21.2. The zero-order valence-electron chi connectivity index (χ0n) is 13.8. The van der Waals surface area contributed by atoms with Crippen LogP contribution in [0, 0.1) is 11.3 Å². The highest BCUT2D eigenvalue weighted by Crippen LogP contribution is 2.16. The van der Waals surface area contributed by atoms with Crippen molar-refractivity contribution in [1.82, 2.24) is 14.7 Å². The Morgan fingerprint density at radius 1 is 1.52 bits per heavy atom. The van der Waals surface area contributed by atoms with E-state index in [1.54, 1.807) is 0 Å². The van der Waals surface area contributed by atoms with Crippen LogP contribution in [0.5, 0.6) is 0 Å². The second kappa shape index (κ2) is 7.95. The second-order valence-corrected chi connectivity index (χ2v) is 5.71. The third-order valence-corrected chi connectivity index (χ3v) is 4.18. The van der Waals surface area contributed by atoms with Gasteiger partial charge in [-0.2, -0.15) is 5.26 Å². The maximum Gasteiger partial charge on any atom is 0.270 e. The standard InChI is InChI=1S/C17H24N4O2/c1-3-13(10-18)9-14(4-2)11-20-6-5-15-16(12-20)19-21(7-8-22)17(15)23/h4,9,19,22H,3,5-8,11-12H2,1-2H3/b13-9+,14-4+. The van der Waals surface area contributed by atoms with Crippen LogP contribution in [0.4, 0.5) is 0 Å². The predicted molar refractivity (Wildman–Crippen MR) is 88.9 cm³/mol. The van der Waals surface area contributed by atoms with Crippen molar-refractivity contribution in [2.45, 2.75) is 39.8 Å². The summed E-state index contributed by atoms with van der Waals surface area (Å²) in [7, 11) is 0. The number of rotatable bonds is 6. The fourth-order valence-electron chi connectivity index (χ4n) is 2.84. The Balaban J connectivity index is 2.11. The molecule has 0 fully saturated rings. The van der Waals surface area contributed by atoms with Gasteiger partial charge in [-0.3, -0.25) is 19.5 Å². The number of aromatic amines is 1. The summed E-state index contributed by atoms with van der Waals surface area (Å²) in [5.41, 5.74) is 3.64. The molecule has 23 heavy (non-hydrogen) atoms. The molecular formula is C17H24N4O2. The van der Waals surface area contributed by atoms with Crippen molar-refractivity contribution < 1.29 is 5.11 Å². The molecule has 0 radical (unpaired) electrons. The van der Waals surface area contributed by atoms with Gasteiger partial charge in [0.15, 0.2) is 0 Å². The van der Waals surface area contributed by atoms with Gasteiger partial charge in [-0.15, -0.1) is 0 Å². The Labute approximate surface area is 136 Å². The Morgan fingerprint density at radius 3 is 2.91 bits per heavy atom. The quantitative estimate of drug-likeness (QED) is 0.612. The molecular weight excluding hydrogens is 292 g/mol. The van der Waals surface area contributed by atoms with Crippen LogP contribution >= 0.6 is 0 Å². The zero-order valence-corrected chi connectivity index (χ0v) is 13.8. The maximum atomic E-state index is 12.2. The van der Waals surface area contributed by atoms with Crippen LogP contribution in [-0.2, 0) is 19.5 Å². The average Bonchev–Trinajstić information content (AvgIpc) is 2.87. The lowest BCUT2D eigenvalue weighted by molar-refractivity contribution is 0.263. The van der Waals surface area contributed by atoms with Crippen LogP contribution in [0.1, 0.15) is 31.5 Å². The molecule has 0 spiro atoms. The molecule has 6 heteroatoms. The Hall–Kier alpha value is -2.10. The van der Waals surface area contributed by atoms with E-state index in [2.05, 4.69) is 16.1 Å². The molecule has 1 aliphatic rings. The molecule has 2 heterocycles. The normalized spacial score (nSPS) is 16.3. The van der Waals surface area contributed by atoms with Gasteiger partial charge in [0.2, 0.25) is 0 Å². The Kier molecular flexibility index (Phi) is 5.97. The number of nitrogens with one attached hydrogen (secondary N) is 1. The first-order chi connectivity index (χ1) is 11.1. The molecule has 0 aromatic carbocycles. The zero-order chi connectivity index (χ0) is 16.8. The van der Waals surface area contributed by atoms with Crippen LogP contribution in [0.25, 0.3) is 0 Å². The third kappa shape index (κ3) is 4.01. The minimum absolute atomic E-state index is 0.0161. The van der Waals surface area contributed by atoms with E-state index in [-0.39, 0.29) is 12.2 Å². The number of allylic oxidation sites excluding steroid dienone is 2. The molecule has 0 saturated carbocycles. The molecule has 6 nitrogen and oxygen atoms in total. The van der Waals surface area contributed by atoms with Gasteiger partial charge >= 0.3 is 0 Å². The molecule has 2 rings (SSSR count). The minimum Gasteiger partial charge on any atom is -0.394 e. The van der Waals surface area contributed by atoms with Crippen molar-refractivity contribution in [3.63, 3.8) is 0 Å². The molecule has 0 saturated heterocycles. The molecule has 1 aliphatic heterocycles. The molecule has 124 valence electrons. The van der Waals surface area contributed by atoms with Crippen LogP contribution in [0.2, 0.25) is 0 Å². The van der Waals surface area contributed by atoms with Crippen molar-refractivity contribution in [2.24, 2.45) is 0 Å². The molecule has 0 bridgehead atoms. The van der Waals surface area contributed by atoms with Crippen molar-refractivity contribution in [3.8, 4) is 6.07 Å². The molecule has 0 aliphatic carbocycles. The van der Waals surface area contributed by atoms with E-state index in [9.17, 15) is 4.79 Å². The van der Waals surface area contributed by atoms with Crippen molar-refractivity contribution in [3.05, 3.63) is 44.9 Å². The lowest BCUT2D eigenvalue weighted by atomic mass is 10.1. The molecule has 1 aromatic rings. The third-order valence-electron chi connectivity index (χ3n) is 4.18. The van der Waals surface area contributed by atoms with E-state index >= 15 is 0 Å². The number of hydrogen-bond acceptors (Lipinski definition) is 4. The van der Waals surface area contributed by atoms with E-state index in [0.717, 1.165) is 41.9 Å². The first kappa shape index (κ1) is 17.3. The second-order valence-electron chi connectivity index (χ2n) is 5.71. The van der Waals surface area contributed by atoms with Crippen LogP contribution in [0.15, 0.2) is 28.1 Å². The van der Waals surface area contributed by atoms with Gasteiger partial charge in [-0.05, 0) is 31.4 Å². The first-order valence-electron chi connectivity index (χ1n) is 8.02.